The molecule has 0 fully saturated rings. The minimum Gasteiger partial charge on any atom is -0.329 e. The summed E-state index contributed by atoms with van der Waals surface area (Å²) in [4.78, 5) is 9.68. The Morgan fingerprint density at radius 1 is 0.758 bits per heavy atom. The lowest BCUT2D eigenvalue weighted by Gasteiger charge is -2.24. The van der Waals surface area contributed by atoms with Crippen LogP contribution in [-0.2, 0) is 20.0 Å². The maximum Gasteiger partial charge on any atom is 0.472 e. The van der Waals surface area contributed by atoms with Crippen molar-refractivity contribution in [3.05, 3.63) is 33.4 Å². The van der Waals surface area contributed by atoms with Gasteiger partial charge in [-0.3, -0.25) is 9.05 Å². The second-order valence-electron chi connectivity index (χ2n) is 10.1. The quantitative estimate of drug-likeness (QED) is 0.0683. The molecule has 0 heterocycles. The third kappa shape index (κ3) is 19.0. The molecule has 0 radical (unpaired) electrons. The van der Waals surface area contributed by atoms with Crippen LogP contribution in [0.25, 0.3) is 0 Å². The number of hydrogen-bond donors (Lipinski definition) is 1. The lowest BCUT2D eigenvalue weighted by molar-refractivity contribution is -0.870. The predicted molar refractivity (Wildman–Crippen MR) is 148 cm³/mol. The maximum atomic E-state index is 11.8. The summed E-state index contributed by atoms with van der Waals surface area (Å²) in [5.74, 6) is 0. The molecule has 0 spiro atoms. The van der Waals surface area contributed by atoms with Crippen molar-refractivity contribution >= 4 is 30.4 Å². The Bertz CT molecular complexity index is 666. The van der Waals surface area contributed by atoms with Crippen molar-refractivity contribution in [3.63, 3.8) is 0 Å². The number of aryl methyl sites for hydroxylation is 1. The van der Waals surface area contributed by atoms with Crippen molar-refractivity contribution in [1.82, 2.24) is 0 Å². The Morgan fingerprint density at radius 2 is 1.21 bits per heavy atom. The van der Waals surface area contributed by atoms with Crippen LogP contribution in [0.4, 0.5) is 0 Å². The molecule has 0 aromatic heterocycles. The molecular weight excluding hydrogens is 548 g/mol. The first-order valence-corrected chi connectivity index (χ1v) is 15.4. The summed E-state index contributed by atoms with van der Waals surface area (Å²) in [5, 5.41) is 0. The van der Waals surface area contributed by atoms with E-state index in [0.29, 0.717) is 17.6 Å². The summed E-state index contributed by atoms with van der Waals surface area (Å²) < 4.78 is 24.0. The van der Waals surface area contributed by atoms with Crippen molar-refractivity contribution in [1.29, 1.82) is 0 Å². The van der Waals surface area contributed by atoms with Crippen molar-refractivity contribution < 1.29 is 23.0 Å². The molecule has 0 amide bonds. The van der Waals surface area contributed by atoms with E-state index >= 15 is 0 Å². The summed E-state index contributed by atoms with van der Waals surface area (Å²) in [6.07, 6.45) is 17.6. The molecule has 0 aliphatic carbocycles. The molecule has 1 N–H and O–H groups in total. The molecule has 1 atom stereocenters. The zero-order chi connectivity index (χ0) is 24.4. The molecule has 0 saturated heterocycles. The van der Waals surface area contributed by atoms with Gasteiger partial charge in [0.15, 0.2) is 0 Å². The Morgan fingerprint density at radius 3 is 1.73 bits per heavy atom. The van der Waals surface area contributed by atoms with Gasteiger partial charge in [0.25, 0.3) is 0 Å². The average Bonchev–Trinajstić information content (AvgIpc) is 2.73. The van der Waals surface area contributed by atoms with Gasteiger partial charge in [0, 0.05) is 3.57 Å². The highest BCUT2D eigenvalue weighted by molar-refractivity contribution is 14.1. The molecule has 7 heteroatoms. The van der Waals surface area contributed by atoms with Crippen LogP contribution in [0.2, 0.25) is 0 Å². The monoisotopic (exact) mass is 596 g/mol. The largest absolute Gasteiger partial charge is 0.472 e. The lowest BCUT2D eigenvalue weighted by atomic mass is 10.0. The summed E-state index contributed by atoms with van der Waals surface area (Å²) >= 11 is 2.44. The number of unbranched alkanes of at least 4 members (excludes halogenated alkanes) is 12. The van der Waals surface area contributed by atoms with Gasteiger partial charge in [-0.1, -0.05) is 88.8 Å². The topological polar surface area (TPSA) is 55.8 Å². The number of phosphoric ester groups is 1. The van der Waals surface area contributed by atoms with E-state index in [0.717, 1.165) is 12.8 Å². The molecular formula is C26H48INO4P+. The molecule has 192 valence electrons. The zero-order valence-corrected chi connectivity index (χ0v) is 24.3. The van der Waals surface area contributed by atoms with E-state index in [-0.39, 0.29) is 6.61 Å². The second-order valence-corrected chi connectivity index (χ2v) is 12.7. The Kier molecular flexibility index (Phi) is 17.2. The second kappa shape index (κ2) is 18.3. The van der Waals surface area contributed by atoms with Crippen molar-refractivity contribution in [2.75, 3.05) is 40.9 Å². The predicted octanol–water partition coefficient (Wildman–Crippen LogP) is 7.74. The van der Waals surface area contributed by atoms with Crippen LogP contribution in [0.1, 0.15) is 89.0 Å². The molecule has 0 aliphatic heterocycles. The number of nitrogens with zero attached hydrogens (tertiary/aromatic N) is 1. The van der Waals surface area contributed by atoms with Crippen LogP contribution in [0, 0.1) is 3.57 Å². The van der Waals surface area contributed by atoms with Crippen LogP contribution in [-0.4, -0.2) is 50.3 Å². The van der Waals surface area contributed by atoms with Gasteiger partial charge in [-0.25, -0.2) is 4.57 Å². The SMILES string of the molecule is C[N+](C)(C)CCOP(=O)(O)OCCCCCCCCCCCCCCCc1ccccc1I. The molecule has 1 aromatic carbocycles. The summed E-state index contributed by atoms with van der Waals surface area (Å²) in [6, 6.07) is 8.72. The summed E-state index contributed by atoms with van der Waals surface area (Å²) in [6.45, 7) is 1.19. The van der Waals surface area contributed by atoms with Crippen LogP contribution in [0.3, 0.4) is 0 Å². The number of likely N-dealkylation sites (N-methyl/N-ethyl adjacent to an activating group) is 1. The fourth-order valence-corrected chi connectivity index (χ4v) is 5.11. The van der Waals surface area contributed by atoms with Crippen LogP contribution >= 0.6 is 30.4 Å². The van der Waals surface area contributed by atoms with Crippen LogP contribution in [0.15, 0.2) is 24.3 Å². The number of benzene rings is 1. The van der Waals surface area contributed by atoms with Crippen LogP contribution < -0.4 is 0 Å². The fraction of sp³-hybridized carbons (Fsp3) is 0.769. The summed E-state index contributed by atoms with van der Waals surface area (Å²) in [5.41, 5.74) is 1.50. The van der Waals surface area contributed by atoms with E-state index in [1.165, 1.54) is 86.2 Å². The first-order chi connectivity index (χ1) is 15.7. The van der Waals surface area contributed by atoms with Gasteiger partial charge >= 0.3 is 7.82 Å². The van der Waals surface area contributed by atoms with Gasteiger partial charge in [-0.2, -0.15) is 0 Å². The number of halogens is 1. The number of phosphoric acid groups is 1. The van der Waals surface area contributed by atoms with E-state index in [9.17, 15) is 9.46 Å². The minimum atomic E-state index is -3.89. The fourth-order valence-electron chi connectivity index (χ4n) is 3.71. The molecule has 1 unspecified atom stereocenters. The lowest BCUT2D eigenvalue weighted by Crippen LogP contribution is -2.37. The highest BCUT2D eigenvalue weighted by atomic mass is 127. The third-order valence-electron chi connectivity index (χ3n) is 5.82. The molecule has 0 saturated carbocycles. The smallest absolute Gasteiger partial charge is 0.329 e. The molecule has 1 rings (SSSR count). The number of hydrogen-bond acceptors (Lipinski definition) is 3. The van der Waals surface area contributed by atoms with Gasteiger partial charge in [0.2, 0.25) is 0 Å². The number of rotatable bonds is 21. The first-order valence-electron chi connectivity index (χ1n) is 12.9. The molecule has 33 heavy (non-hydrogen) atoms. The Balaban J connectivity index is 1.81. The average molecular weight is 597 g/mol. The zero-order valence-electron chi connectivity index (χ0n) is 21.3. The highest BCUT2D eigenvalue weighted by Crippen LogP contribution is 2.43. The maximum absolute atomic E-state index is 11.8. The standard InChI is InChI=1S/C26H47INO4P/c1-28(2,3)22-24-32-33(29,30)31-23-18-14-12-10-8-6-4-5-7-9-11-13-15-19-25-20-16-17-21-26(25)27/h16-17,20-21H,4-15,18-19,22-24H2,1-3H3/p+1. The van der Waals surface area contributed by atoms with Crippen LogP contribution in [0.5, 0.6) is 0 Å². The molecule has 5 nitrogen and oxygen atoms in total. The first kappa shape index (κ1) is 31.1. The van der Waals surface area contributed by atoms with Gasteiger partial charge < -0.3 is 9.38 Å². The third-order valence-corrected chi connectivity index (χ3v) is 7.89. The highest BCUT2D eigenvalue weighted by Gasteiger charge is 2.21. The van der Waals surface area contributed by atoms with Gasteiger partial charge in [0.05, 0.1) is 27.7 Å². The van der Waals surface area contributed by atoms with E-state index in [4.69, 9.17) is 9.05 Å². The van der Waals surface area contributed by atoms with E-state index in [1.807, 2.05) is 21.1 Å². The van der Waals surface area contributed by atoms with Crippen molar-refractivity contribution in [2.45, 2.75) is 89.9 Å². The molecule has 0 aliphatic rings. The Labute approximate surface area is 217 Å². The minimum absolute atomic E-state index is 0.227. The van der Waals surface area contributed by atoms with E-state index in [1.54, 1.807) is 0 Å². The molecule has 0 bridgehead atoms. The van der Waals surface area contributed by atoms with Crippen molar-refractivity contribution in [3.8, 4) is 0 Å². The van der Waals surface area contributed by atoms with Gasteiger partial charge in [-0.05, 0) is 53.5 Å². The van der Waals surface area contributed by atoms with E-state index < -0.39 is 7.82 Å². The molecule has 1 aromatic rings. The number of quaternary nitrogens is 1. The van der Waals surface area contributed by atoms with Gasteiger partial charge in [0.1, 0.15) is 13.2 Å². The summed E-state index contributed by atoms with van der Waals surface area (Å²) in [7, 11) is 2.16. The van der Waals surface area contributed by atoms with E-state index in [2.05, 4.69) is 46.9 Å². The normalized spacial score (nSPS) is 13.8. The van der Waals surface area contributed by atoms with Crippen molar-refractivity contribution in [2.24, 2.45) is 0 Å². The Hall–Kier alpha value is 0.0200. The van der Waals surface area contributed by atoms with Gasteiger partial charge in [-0.15, -0.1) is 0 Å².